The Labute approximate surface area is 200 Å². The Morgan fingerprint density at radius 1 is 1.19 bits per heavy atom. The quantitative estimate of drug-likeness (QED) is 0.279. The van der Waals surface area contributed by atoms with Gasteiger partial charge in [0, 0.05) is 35.8 Å². The normalized spacial score (nSPS) is 12.5. The number of aromatic nitrogens is 1. The molecule has 0 bridgehead atoms. The van der Waals surface area contributed by atoms with Gasteiger partial charge < -0.3 is 19.6 Å². The van der Waals surface area contributed by atoms with Crippen molar-refractivity contribution in [1.82, 2.24) is 8.87 Å². The van der Waals surface area contributed by atoms with E-state index in [9.17, 15) is 32.6 Å². The van der Waals surface area contributed by atoms with Crippen LogP contribution < -0.4 is 34.7 Å². The molecule has 1 aromatic heterocycles. The summed E-state index contributed by atoms with van der Waals surface area (Å²) in [5.41, 5.74) is 1.06. The summed E-state index contributed by atoms with van der Waals surface area (Å²) in [6.45, 7) is -1.61. The maximum absolute atomic E-state index is 13.1. The zero-order chi connectivity index (χ0) is 21.9. The number of benzene rings is 2. The number of aldehydes is 1. The Hall–Kier alpha value is -2.08. The number of carbonyl (C=O) groups excluding carboxylic acids is 2. The van der Waals surface area contributed by atoms with Crippen molar-refractivity contribution in [2.75, 3.05) is 13.1 Å². The van der Waals surface area contributed by atoms with Crippen LogP contribution in [0.4, 0.5) is 4.39 Å². The number of sulfonamides is 1. The van der Waals surface area contributed by atoms with Crippen LogP contribution in [0.2, 0.25) is 0 Å². The van der Waals surface area contributed by atoms with Gasteiger partial charge in [-0.05, 0) is 30.3 Å². The van der Waals surface area contributed by atoms with E-state index in [1.807, 2.05) is 0 Å². The zero-order valence-corrected chi connectivity index (χ0v) is 19.5. The topological polar surface area (TPSA) is 120 Å². The van der Waals surface area contributed by atoms with Gasteiger partial charge in [-0.15, -0.1) is 0 Å². The fraction of sp³-hybridized carbons (Fsp3) is 0.200. The average Bonchev–Trinajstić information content (AvgIpc) is 3.05. The second-order valence-corrected chi connectivity index (χ2v) is 8.59. The Morgan fingerprint density at radius 2 is 1.84 bits per heavy atom. The van der Waals surface area contributed by atoms with Gasteiger partial charge in [0.1, 0.15) is 5.82 Å². The number of carbonyl (C=O) groups is 2. The number of carboxylic acids is 1. The Morgan fingerprint density at radius 3 is 2.45 bits per heavy atom. The van der Waals surface area contributed by atoms with Crippen LogP contribution in [0.25, 0.3) is 10.9 Å². The molecule has 0 amide bonds. The molecular weight excluding hydrogens is 438 g/mol. The van der Waals surface area contributed by atoms with E-state index >= 15 is 0 Å². The van der Waals surface area contributed by atoms with Gasteiger partial charge in [-0.1, -0.05) is 18.2 Å². The van der Waals surface area contributed by atoms with Gasteiger partial charge in [-0.25, -0.2) is 12.8 Å². The van der Waals surface area contributed by atoms with Gasteiger partial charge in [0.2, 0.25) is 10.0 Å². The third-order valence-corrected chi connectivity index (χ3v) is 6.35. The molecule has 3 aromatic rings. The summed E-state index contributed by atoms with van der Waals surface area (Å²) < 4.78 is 40.8. The van der Waals surface area contributed by atoms with Crippen molar-refractivity contribution in [3.05, 3.63) is 66.1 Å². The largest absolute Gasteiger partial charge is 1.00 e. The van der Waals surface area contributed by atoms with Crippen molar-refractivity contribution in [2.24, 2.45) is 0 Å². The first-order valence-electron chi connectivity index (χ1n) is 8.89. The van der Waals surface area contributed by atoms with Gasteiger partial charge in [0.05, 0.1) is 23.5 Å². The first-order valence-corrected chi connectivity index (χ1v) is 10.3. The Balaban J connectivity index is 0.00000341. The summed E-state index contributed by atoms with van der Waals surface area (Å²) in [5.74, 6) is -2.30. The predicted molar refractivity (Wildman–Crippen MR) is 103 cm³/mol. The monoisotopic (exact) mass is 456 g/mol. The molecule has 0 aliphatic rings. The van der Waals surface area contributed by atoms with Crippen molar-refractivity contribution >= 4 is 33.2 Å². The first kappa shape index (κ1) is 25.2. The number of rotatable bonds is 9. The molecule has 11 heteroatoms. The smallest absolute Gasteiger partial charge is 0.549 e. The van der Waals surface area contributed by atoms with Crippen molar-refractivity contribution in [1.29, 1.82) is 0 Å². The van der Waals surface area contributed by atoms with E-state index in [-0.39, 0.29) is 41.0 Å². The maximum Gasteiger partial charge on any atom is 1.00 e. The molecule has 0 aliphatic carbocycles. The molecule has 1 N–H and O–H groups in total. The number of fused-ring (bicyclic) bond motifs is 1. The standard InChI is InChI=1S/C20H19FN2O6S.Na/c21-15-5-7-17(8-6-15)30(28,29)23(12-20(26)27)11-16(25)10-22-9-14(13-24)18-3-1-2-4-19(18)22;/h1-9,13,16,25H,10-12H2,(H,26,27);/q;+1/p-1. The average molecular weight is 456 g/mol. The SMILES string of the molecule is O=Cc1cn(CC(O)CN(CC(=O)[O-])S(=O)(=O)c2ccc(F)cc2)c2ccccc12.[Na+]. The molecule has 0 spiro atoms. The minimum Gasteiger partial charge on any atom is -0.549 e. The molecule has 1 unspecified atom stereocenters. The summed E-state index contributed by atoms with van der Waals surface area (Å²) in [6.07, 6.45) is 0.903. The van der Waals surface area contributed by atoms with Crippen LogP contribution in [0.15, 0.2) is 59.6 Å². The molecule has 158 valence electrons. The molecule has 31 heavy (non-hydrogen) atoms. The number of aliphatic hydroxyl groups excluding tert-OH is 1. The van der Waals surface area contributed by atoms with Crippen LogP contribution in [-0.2, 0) is 21.4 Å². The number of hydrogen-bond acceptors (Lipinski definition) is 6. The second-order valence-electron chi connectivity index (χ2n) is 6.65. The molecule has 0 radical (unpaired) electrons. The molecule has 1 atom stereocenters. The molecule has 8 nitrogen and oxygen atoms in total. The van der Waals surface area contributed by atoms with Crippen LogP contribution >= 0.6 is 0 Å². The molecule has 2 aromatic carbocycles. The van der Waals surface area contributed by atoms with E-state index in [1.54, 1.807) is 28.8 Å². The number of para-hydroxylation sites is 1. The summed E-state index contributed by atoms with van der Waals surface area (Å²) in [7, 11) is -4.32. The minimum atomic E-state index is -4.32. The summed E-state index contributed by atoms with van der Waals surface area (Å²) in [6, 6.07) is 10.9. The molecule has 3 rings (SSSR count). The van der Waals surface area contributed by atoms with Crippen LogP contribution in [0.3, 0.4) is 0 Å². The minimum absolute atomic E-state index is 0. The van der Waals surface area contributed by atoms with Crippen LogP contribution in [0.1, 0.15) is 10.4 Å². The molecule has 0 saturated heterocycles. The third kappa shape index (κ3) is 5.79. The molecule has 0 fully saturated rings. The third-order valence-electron chi connectivity index (χ3n) is 4.53. The van der Waals surface area contributed by atoms with Crippen molar-refractivity contribution in [3.8, 4) is 0 Å². The molecule has 1 heterocycles. The van der Waals surface area contributed by atoms with Gasteiger partial charge in [-0.3, -0.25) is 4.79 Å². The maximum atomic E-state index is 13.1. The van der Waals surface area contributed by atoms with Crippen LogP contribution in [0, 0.1) is 5.82 Å². The summed E-state index contributed by atoms with van der Waals surface area (Å²) in [4.78, 5) is 22.1. The number of aliphatic carboxylic acids is 1. The van der Waals surface area contributed by atoms with E-state index in [1.165, 1.54) is 6.20 Å². The molecule has 0 saturated carbocycles. The van der Waals surface area contributed by atoms with E-state index < -0.39 is 41.0 Å². The van der Waals surface area contributed by atoms with E-state index in [4.69, 9.17) is 0 Å². The zero-order valence-electron chi connectivity index (χ0n) is 16.6. The van der Waals surface area contributed by atoms with Gasteiger partial charge in [0.25, 0.3) is 0 Å². The number of carboxylic acid groups (broad SMARTS) is 1. The second kappa shape index (κ2) is 10.5. The molecule has 0 aliphatic heterocycles. The van der Waals surface area contributed by atoms with Crippen molar-refractivity contribution < 1.29 is 62.2 Å². The molecular formula is C20H18FN2NaO6S. The Bertz CT molecular complexity index is 1180. The van der Waals surface area contributed by atoms with Crippen molar-refractivity contribution in [3.63, 3.8) is 0 Å². The van der Waals surface area contributed by atoms with Gasteiger partial charge in [-0.2, -0.15) is 4.31 Å². The predicted octanol–water partition coefficient (Wildman–Crippen LogP) is -2.60. The number of halogens is 1. The van der Waals surface area contributed by atoms with Gasteiger partial charge >= 0.3 is 29.6 Å². The summed E-state index contributed by atoms with van der Waals surface area (Å²) >= 11 is 0. The van der Waals surface area contributed by atoms with Crippen LogP contribution in [0.5, 0.6) is 0 Å². The fourth-order valence-corrected chi connectivity index (χ4v) is 4.61. The van der Waals surface area contributed by atoms with E-state index in [0.29, 0.717) is 27.1 Å². The summed E-state index contributed by atoms with van der Waals surface area (Å²) in [5, 5.41) is 22.3. The van der Waals surface area contributed by atoms with Gasteiger partial charge in [0.15, 0.2) is 6.29 Å². The van der Waals surface area contributed by atoms with E-state index in [2.05, 4.69) is 0 Å². The number of hydrogen-bond donors (Lipinski definition) is 1. The fourth-order valence-electron chi connectivity index (χ4n) is 3.19. The number of aliphatic hydroxyl groups is 1. The van der Waals surface area contributed by atoms with Crippen LogP contribution in [-0.4, -0.2) is 53.8 Å². The number of nitrogens with zero attached hydrogens (tertiary/aromatic N) is 2. The first-order chi connectivity index (χ1) is 14.2. The van der Waals surface area contributed by atoms with E-state index in [0.717, 1.165) is 24.3 Å². The Kier molecular flexibility index (Phi) is 8.52. The van der Waals surface area contributed by atoms with Crippen molar-refractivity contribution in [2.45, 2.75) is 17.5 Å².